The predicted octanol–water partition coefficient (Wildman–Crippen LogP) is 3.10. The van der Waals surface area contributed by atoms with Crippen LogP contribution >= 0.6 is 0 Å². The fourth-order valence-electron chi connectivity index (χ4n) is 2.41. The third-order valence-electron chi connectivity index (χ3n) is 3.71. The van der Waals surface area contributed by atoms with Gasteiger partial charge in [0.05, 0.1) is 11.6 Å². The second-order valence-electron chi connectivity index (χ2n) is 5.57. The first-order chi connectivity index (χ1) is 11.7. The van der Waals surface area contributed by atoms with Crippen LogP contribution < -0.4 is 10.1 Å². The van der Waals surface area contributed by atoms with Gasteiger partial charge in [0, 0.05) is 19.2 Å². The van der Waals surface area contributed by atoms with E-state index in [0.29, 0.717) is 0 Å². The lowest BCUT2D eigenvalue weighted by molar-refractivity contribution is -0.153. The summed E-state index contributed by atoms with van der Waals surface area (Å²) in [5.41, 5.74) is -0.227. The summed E-state index contributed by atoms with van der Waals surface area (Å²) in [6.45, 7) is -1.22. The number of carboxylic acid groups (broad SMARTS) is 1. The van der Waals surface area contributed by atoms with E-state index < -0.39 is 36.5 Å². The number of aliphatic carboxylic acids is 1. The number of nitrogens with one attached hydrogen (secondary N) is 1. The van der Waals surface area contributed by atoms with Gasteiger partial charge in [0.1, 0.15) is 11.6 Å². The molecule has 138 valence electrons. The van der Waals surface area contributed by atoms with Crippen LogP contribution in [-0.2, 0) is 4.79 Å². The fraction of sp³-hybridized carbons (Fsp3) is 0.467. The maximum atomic E-state index is 13.3. The van der Waals surface area contributed by atoms with Gasteiger partial charge in [-0.3, -0.25) is 4.79 Å². The van der Waals surface area contributed by atoms with Crippen LogP contribution in [0.15, 0.2) is 18.2 Å². The molecular formula is C15H16F4N2O4. The van der Waals surface area contributed by atoms with Gasteiger partial charge in [-0.1, -0.05) is 0 Å². The number of carbonyl (C=O) groups excluding carboxylic acids is 1. The van der Waals surface area contributed by atoms with E-state index in [-0.39, 0.29) is 37.4 Å². The number of carboxylic acids is 1. The van der Waals surface area contributed by atoms with Crippen molar-refractivity contribution in [3.05, 3.63) is 24.0 Å². The Morgan fingerprint density at radius 3 is 2.48 bits per heavy atom. The molecule has 2 amide bonds. The number of benzene rings is 1. The normalized spacial score (nSPS) is 15.8. The van der Waals surface area contributed by atoms with Gasteiger partial charge in [-0.25, -0.2) is 9.18 Å². The summed E-state index contributed by atoms with van der Waals surface area (Å²) < 4.78 is 54.7. The number of carbonyl (C=O) groups is 2. The van der Waals surface area contributed by atoms with Gasteiger partial charge in [-0.15, -0.1) is 0 Å². The molecule has 0 unspecified atom stereocenters. The van der Waals surface area contributed by atoms with Crippen LogP contribution in [-0.4, -0.2) is 47.9 Å². The van der Waals surface area contributed by atoms with Crippen molar-refractivity contribution in [3.63, 3.8) is 0 Å². The van der Waals surface area contributed by atoms with Crippen LogP contribution in [0.25, 0.3) is 0 Å². The van der Waals surface area contributed by atoms with E-state index in [9.17, 15) is 27.2 Å². The Bertz CT molecular complexity index is 643. The monoisotopic (exact) mass is 364 g/mol. The number of piperidine rings is 1. The number of amides is 2. The zero-order valence-electron chi connectivity index (χ0n) is 13.0. The van der Waals surface area contributed by atoms with Crippen molar-refractivity contribution >= 4 is 17.7 Å². The van der Waals surface area contributed by atoms with Crippen molar-refractivity contribution in [2.24, 2.45) is 5.92 Å². The molecule has 1 aromatic carbocycles. The van der Waals surface area contributed by atoms with Crippen molar-refractivity contribution in [3.8, 4) is 5.75 Å². The SMILES string of the molecule is O=C(O)C1CCN(C(=O)Nc2cc(F)ccc2OCC(F)(F)F)CC1. The molecule has 2 N–H and O–H groups in total. The lowest BCUT2D eigenvalue weighted by Gasteiger charge is -2.30. The van der Waals surface area contributed by atoms with Gasteiger partial charge in [0.2, 0.25) is 0 Å². The first-order valence-electron chi connectivity index (χ1n) is 7.43. The first-order valence-corrected chi connectivity index (χ1v) is 7.43. The quantitative estimate of drug-likeness (QED) is 0.805. The number of urea groups is 1. The van der Waals surface area contributed by atoms with Crippen molar-refractivity contribution in [2.75, 3.05) is 25.0 Å². The third kappa shape index (κ3) is 5.50. The zero-order chi connectivity index (χ0) is 18.6. The highest BCUT2D eigenvalue weighted by molar-refractivity contribution is 5.91. The number of anilines is 1. The summed E-state index contributed by atoms with van der Waals surface area (Å²) in [7, 11) is 0. The van der Waals surface area contributed by atoms with Gasteiger partial charge in [-0.05, 0) is 25.0 Å². The molecule has 0 bridgehead atoms. The number of alkyl halides is 3. The summed E-state index contributed by atoms with van der Waals surface area (Å²) in [6, 6.07) is 2.10. The maximum Gasteiger partial charge on any atom is 0.422 e. The molecule has 2 rings (SSSR count). The van der Waals surface area contributed by atoms with E-state index in [4.69, 9.17) is 5.11 Å². The van der Waals surface area contributed by atoms with Crippen LogP contribution in [0.4, 0.5) is 28.0 Å². The standard InChI is InChI=1S/C15H16F4N2O4/c16-10-1-2-12(25-8-15(17,18)19)11(7-10)20-14(24)21-5-3-9(4-6-21)13(22)23/h1-2,7,9H,3-6,8H2,(H,20,24)(H,22,23). The van der Waals surface area contributed by atoms with Crippen LogP contribution in [0.5, 0.6) is 5.75 Å². The fourth-order valence-corrected chi connectivity index (χ4v) is 2.41. The molecular weight excluding hydrogens is 348 g/mol. The highest BCUT2D eigenvalue weighted by Crippen LogP contribution is 2.28. The smallest absolute Gasteiger partial charge is 0.422 e. The van der Waals surface area contributed by atoms with E-state index in [1.54, 1.807) is 0 Å². The van der Waals surface area contributed by atoms with E-state index in [0.717, 1.165) is 18.2 Å². The van der Waals surface area contributed by atoms with Gasteiger partial charge in [-0.2, -0.15) is 13.2 Å². The van der Waals surface area contributed by atoms with Crippen molar-refractivity contribution in [1.29, 1.82) is 0 Å². The summed E-state index contributed by atoms with van der Waals surface area (Å²) in [4.78, 5) is 24.4. The summed E-state index contributed by atoms with van der Waals surface area (Å²) in [5.74, 6) is -2.54. The predicted molar refractivity (Wildman–Crippen MR) is 78.9 cm³/mol. The van der Waals surface area contributed by atoms with E-state index in [1.807, 2.05) is 0 Å². The Morgan fingerprint density at radius 1 is 1.28 bits per heavy atom. The topological polar surface area (TPSA) is 78.9 Å². The lowest BCUT2D eigenvalue weighted by atomic mass is 9.97. The molecule has 0 spiro atoms. The lowest BCUT2D eigenvalue weighted by Crippen LogP contribution is -2.42. The molecule has 0 atom stereocenters. The van der Waals surface area contributed by atoms with Crippen molar-refractivity contribution in [1.82, 2.24) is 4.90 Å². The highest BCUT2D eigenvalue weighted by atomic mass is 19.4. The Labute approximate surface area is 140 Å². The average Bonchev–Trinajstić information content (AvgIpc) is 2.53. The number of likely N-dealkylation sites (tertiary alicyclic amines) is 1. The molecule has 1 heterocycles. The van der Waals surface area contributed by atoms with Crippen LogP contribution in [0.1, 0.15) is 12.8 Å². The second kappa shape index (κ2) is 7.58. The van der Waals surface area contributed by atoms with Gasteiger partial charge >= 0.3 is 18.2 Å². The number of hydrogen-bond acceptors (Lipinski definition) is 3. The molecule has 1 aromatic rings. The Hall–Kier alpha value is -2.52. The van der Waals surface area contributed by atoms with E-state index >= 15 is 0 Å². The molecule has 10 heteroatoms. The molecule has 1 saturated heterocycles. The Balaban J connectivity index is 2.02. The summed E-state index contributed by atoms with van der Waals surface area (Å²) in [6.07, 6.45) is -4.04. The van der Waals surface area contributed by atoms with Crippen molar-refractivity contribution in [2.45, 2.75) is 19.0 Å². The molecule has 6 nitrogen and oxygen atoms in total. The maximum absolute atomic E-state index is 13.3. The minimum Gasteiger partial charge on any atom is -0.482 e. The van der Waals surface area contributed by atoms with Gasteiger partial charge < -0.3 is 20.1 Å². The van der Waals surface area contributed by atoms with E-state index in [2.05, 4.69) is 10.1 Å². The second-order valence-corrected chi connectivity index (χ2v) is 5.57. The molecule has 1 fully saturated rings. The summed E-state index contributed by atoms with van der Waals surface area (Å²) in [5, 5.41) is 11.2. The Kier molecular flexibility index (Phi) is 5.70. The third-order valence-corrected chi connectivity index (χ3v) is 3.71. The zero-order valence-corrected chi connectivity index (χ0v) is 13.0. The number of hydrogen-bond donors (Lipinski definition) is 2. The van der Waals surface area contributed by atoms with Crippen LogP contribution in [0, 0.1) is 11.7 Å². The minimum absolute atomic E-state index is 0.177. The highest BCUT2D eigenvalue weighted by Gasteiger charge is 2.30. The van der Waals surface area contributed by atoms with Crippen molar-refractivity contribution < 1.29 is 37.0 Å². The number of ether oxygens (including phenoxy) is 1. The van der Waals surface area contributed by atoms with Crippen LogP contribution in [0.3, 0.4) is 0 Å². The molecule has 1 aliphatic rings. The summed E-state index contributed by atoms with van der Waals surface area (Å²) >= 11 is 0. The first kappa shape index (κ1) is 18.8. The largest absolute Gasteiger partial charge is 0.482 e. The number of halogens is 4. The molecule has 0 radical (unpaired) electrons. The van der Waals surface area contributed by atoms with Gasteiger partial charge in [0.25, 0.3) is 0 Å². The number of rotatable bonds is 4. The van der Waals surface area contributed by atoms with Crippen LogP contribution in [0.2, 0.25) is 0 Å². The number of nitrogens with zero attached hydrogens (tertiary/aromatic N) is 1. The molecule has 0 saturated carbocycles. The van der Waals surface area contributed by atoms with E-state index in [1.165, 1.54) is 4.90 Å². The minimum atomic E-state index is -4.58. The average molecular weight is 364 g/mol. The molecule has 25 heavy (non-hydrogen) atoms. The van der Waals surface area contributed by atoms with Gasteiger partial charge in [0.15, 0.2) is 6.61 Å². The molecule has 1 aliphatic heterocycles. The molecule has 0 aromatic heterocycles. The Morgan fingerprint density at radius 2 is 1.92 bits per heavy atom. The molecule has 0 aliphatic carbocycles.